The molecule has 1 aliphatic rings. The fraction of sp³-hybridized carbons (Fsp3) is 0.571. The fourth-order valence-electron chi connectivity index (χ4n) is 2.83. The van der Waals surface area contributed by atoms with E-state index in [1.807, 2.05) is 0 Å². The highest BCUT2D eigenvalue weighted by Gasteiger charge is 2.19. The Morgan fingerprint density at radius 1 is 1.29 bits per heavy atom. The molecule has 0 aliphatic carbocycles. The smallest absolute Gasteiger partial charge is 0.223 e. The zero-order valence-electron chi connectivity index (χ0n) is 12.2. The van der Waals surface area contributed by atoms with Crippen LogP contribution in [0.25, 0.3) is 10.2 Å². The summed E-state index contributed by atoms with van der Waals surface area (Å²) in [5.74, 6) is 1.29. The SMILES string of the molecule is Cc1cc2c(N3CCCN(CCO)CC3)nc(N)nc2s1. The number of aliphatic hydroxyl groups is 1. The monoisotopic (exact) mass is 307 g/mol. The van der Waals surface area contributed by atoms with Gasteiger partial charge in [-0.2, -0.15) is 4.98 Å². The lowest BCUT2D eigenvalue weighted by molar-refractivity contribution is 0.204. The average molecular weight is 307 g/mol. The van der Waals surface area contributed by atoms with Crippen molar-refractivity contribution in [3.8, 4) is 0 Å². The van der Waals surface area contributed by atoms with Crippen LogP contribution >= 0.6 is 11.3 Å². The van der Waals surface area contributed by atoms with Crippen LogP contribution in [-0.4, -0.2) is 59.3 Å². The van der Waals surface area contributed by atoms with Gasteiger partial charge in [-0.1, -0.05) is 0 Å². The van der Waals surface area contributed by atoms with E-state index in [0.717, 1.165) is 55.2 Å². The van der Waals surface area contributed by atoms with E-state index in [2.05, 4.69) is 32.8 Å². The molecule has 0 spiro atoms. The first-order valence-electron chi connectivity index (χ1n) is 7.29. The van der Waals surface area contributed by atoms with Crippen LogP contribution in [0.2, 0.25) is 0 Å². The van der Waals surface area contributed by atoms with Crippen molar-refractivity contribution in [2.24, 2.45) is 0 Å². The summed E-state index contributed by atoms with van der Waals surface area (Å²) in [7, 11) is 0. The molecule has 0 atom stereocenters. The molecular formula is C14H21N5OS. The number of nitrogen functional groups attached to an aromatic ring is 1. The third-order valence-electron chi connectivity index (χ3n) is 3.82. The van der Waals surface area contributed by atoms with Gasteiger partial charge in [-0.3, -0.25) is 4.90 Å². The Labute approximate surface area is 128 Å². The van der Waals surface area contributed by atoms with Crippen LogP contribution in [0.3, 0.4) is 0 Å². The molecule has 114 valence electrons. The highest BCUT2D eigenvalue weighted by Crippen LogP contribution is 2.31. The topological polar surface area (TPSA) is 78.5 Å². The number of fused-ring (bicyclic) bond motifs is 1. The first kappa shape index (κ1) is 14.5. The maximum absolute atomic E-state index is 9.08. The van der Waals surface area contributed by atoms with E-state index >= 15 is 0 Å². The summed E-state index contributed by atoms with van der Waals surface area (Å²) < 4.78 is 0. The van der Waals surface area contributed by atoms with E-state index in [-0.39, 0.29) is 6.61 Å². The Kier molecular flexibility index (Phi) is 4.23. The van der Waals surface area contributed by atoms with Gasteiger partial charge in [0.2, 0.25) is 5.95 Å². The molecule has 0 bridgehead atoms. The Morgan fingerprint density at radius 3 is 2.95 bits per heavy atom. The molecule has 2 aromatic heterocycles. The molecule has 21 heavy (non-hydrogen) atoms. The molecule has 0 radical (unpaired) electrons. The van der Waals surface area contributed by atoms with Crippen molar-refractivity contribution in [3.05, 3.63) is 10.9 Å². The number of thiophene rings is 1. The Balaban J connectivity index is 1.89. The third kappa shape index (κ3) is 3.09. The number of rotatable bonds is 3. The molecule has 3 rings (SSSR count). The van der Waals surface area contributed by atoms with Crippen molar-refractivity contribution in [2.75, 3.05) is 50.0 Å². The van der Waals surface area contributed by atoms with Crippen LogP contribution in [-0.2, 0) is 0 Å². The summed E-state index contributed by atoms with van der Waals surface area (Å²) >= 11 is 1.66. The van der Waals surface area contributed by atoms with E-state index in [4.69, 9.17) is 10.8 Å². The van der Waals surface area contributed by atoms with E-state index in [1.165, 1.54) is 4.88 Å². The lowest BCUT2D eigenvalue weighted by atomic mass is 10.3. The summed E-state index contributed by atoms with van der Waals surface area (Å²) in [4.78, 5) is 15.6. The van der Waals surface area contributed by atoms with Crippen LogP contribution in [0.5, 0.6) is 0 Å². The van der Waals surface area contributed by atoms with Gasteiger partial charge >= 0.3 is 0 Å². The molecule has 2 aromatic rings. The molecule has 6 nitrogen and oxygen atoms in total. The summed E-state index contributed by atoms with van der Waals surface area (Å²) in [5, 5.41) is 10.2. The molecule has 0 aromatic carbocycles. The van der Waals surface area contributed by atoms with Crippen molar-refractivity contribution in [3.63, 3.8) is 0 Å². The van der Waals surface area contributed by atoms with Gasteiger partial charge in [-0.05, 0) is 26.0 Å². The fourth-order valence-corrected chi connectivity index (χ4v) is 3.71. The molecule has 0 unspecified atom stereocenters. The molecular weight excluding hydrogens is 286 g/mol. The van der Waals surface area contributed by atoms with E-state index in [0.29, 0.717) is 5.95 Å². The third-order valence-corrected chi connectivity index (χ3v) is 4.76. The van der Waals surface area contributed by atoms with Crippen molar-refractivity contribution in [2.45, 2.75) is 13.3 Å². The summed E-state index contributed by atoms with van der Waals surface area (Å²) in [6.07, 6.45) is 1.06. The van der Waals surface area contributed by atoms with Gasteiger partial charge in [-0.25, -0.2) is 4.98 Å². The largest absolute Gasteiger partial charge is 0.395 e. The second-order valence-corrected chi connectivity index (χ2v) is 6.62. The average Bonchev–Trinajstić information content (AvgIpc) is 2.67. The number of anilines is 2. The summed E-state index contributed by atoms with van der Waals surface area (Å²) in [5.41, 5.74) is 5.87. The normalized spacial score (nSPS) is 17.3. The van der Waals surface area contributed by atoms with Gasteiger partial charge < -0.3 is 15.7 Å². The minimum Gasteiger partial charge on any atom is -0.395 e. The molecule has 0 saturated carbocycles. The van der Waals surface area contributed by atoms with Crippen LogP contribution < -0.4 is 10.6 Å². The molecule has 3 N–H and O–H groups in total. The predicted octanol–water partition coefficient (Wildman–Crippen LogP) is 1.09. The molecule has 1 aliphatic heterocycles. The minimum absolute atomic E-state index is 0.217. The number of hydrogen-bond acceptors (Lipinski definition) is 7. The van der Waals surface area contributed by atoms with Crippen LogP contribution in [0.4, 0.5) is 11.8 Å². The maximum atomic E-state index is 9.08. The van der Waals surface area contributed by atoms with Gasteiger partial charge in [0, 0.05) is 31.1 Å². The summed E-state index contributed by atoms with van der Waals surface area (Å²) in [6, 6.07) is 2.14. The highest BCUT2D eigenvalue weighted by molar-refractivity contribution is 7.18. The van der Waals surface area contributed by atoms with Crippen LogP contribution in [0.15, 0.2) is 6.07 Å². The van der Waals surface area contributed by atoms with Crippen molar-refractivity contribution >= 4 is 33.3 Å². The molecule has 0 amide bonds. The van der Waals surface area contributed by atoms with Crippen LogP contribution in [0, 0.1) is 6.92 Å². The zero-order valence-corrected chi connectivity index (χ0v) is 13.1. The number of nitrogens with two attached hydrogens (primary N) is 1. The zero-order chi connectivity index (χ0) is 14.8. The number of aromatic nitrogens is 2. The van der Waals surface area contributed by atoms with Gasteiger partial charge in [0.1, 0.15) is 10.6 Å². The van der Waals surface area contributed by atoms with Crippen molar-refractivity contribution in [1.29, 1.82) is 0 Å². The lowest BCUT2D eigenvalue weighted by Crippen LogP contribution is -2.32. The number of aliphatic hydroxyl groups excluding tert-OH is 1. The van der Waals surface area contributed by atoms with Crippen LogP contribution in [0.1, 0.15) is 11.3 Å². The molecule has 1 saturated heterocycles. The number of β-amino-alcohol motifs (C(OH)–C–C–N with tert-alkyl or cyclic N) is 1. The van der Waals surface area contributed by atoms with Gasteiger partial charge in [0.05, 0.1) is 12.0 Å². The maximum Gasteiger partial charge on any atom is 0.223 e. The quantitative estimate of drug-likeness (QED) is 0.884. The predicted molar refractivity (Wildman–Crippen MR) is 86.9 cm³/mol. The van der Waals surface area contributed by atoms with Gasteiger partial charge in [-0.15, -0.1) is 11.3 Å². The molecule has 3 heterocycles. The second-order valence-electron chi connectivity index (χ2n) is 5.39. The Bertz CT molecular complexity index is 629. The summed E-state index contributed by atoms with van der Waals surface area (Å²) in [6.45, 7) is 6.86. The standard InChI is InChI=1S/C14H21N5OS/c1-10-9-11-12(16-14(15)17-13(11)21-10)19-4-2-3-18(5-6-19)7-8-20/h9,20H,2-8H2,1H3,(H2,15,16,17). The molecule has 1 fully saturated rings. The van der Waals surface area contributed by atoms with Crippen molar-refractivity contribution < 1.29 is 5.11 Å². The first-order valence-corrected chi connectivity index (χ1v) is 8.11. The first-order chi connectivity index (χ1) is 10.2. The minimum atomic E-state index is 0.217. The lowest BCUT2D eigenvalue weighted by Gasteiger charge is -2.23. The van der Waals surface area contributed by atoms with Crippen molar-refractivity contribution in [1.82, 2.24) is 14.9 Å². The van der Waals surface area contributed by atoms with E-state index in [9.17, 15) is 0 Å². The second kappa shape index (κ2) is 6.13. The van der Waals surface area contributed by atoms with Gasteiger partial charge in [0.25, 0.3) is 0 Å². The Hall–Kier alpha value is -1.44. The van der Waals surface area contributed by atoms with E-state index in [1.54, 1.807) is 11.3 Å². The van der Waals surface area contributed by atoms with Gasteiger partial charge in [0.15, 0.2) is 0 Å². The number of hydrogen-bond donors (Lipinski definition) is 2. The number of nitrogens with zero attached hydrogens (tertiary/aromatic N) is 4. The van der Waals surface area contributed by atoms with E-state index < -0.39 is 0 Å². The number of aryl methyl sites for hydroxylation is 1. The Morgan fingerprint density at radius 2 is 2.14 bits per heavy atom. The molecule has 7 heteroatoms. The highest BCUT2D eigenvalue weighted by atomic mass is 32.1.